The summed E-state index contributed by atoms with van der Waals surface area (Å²) in [5.74, 6) is 0.0800. The first-order valence-corrected chi connectivity index (χ1v) is 9.73. The van der Waals surface area contributed by atoms with Gasteiger partial charge in [-0.2, -0.15) is 0 Å². The minimum Gasteiger partial charge on any atom is -0.444 e. The molecule has 1 aliphatic heterocycles. The molecule has 1 fully saturated rings. The van der Waals surface area contributed by atoms with Crippen LogP contribution in [-0.2, 0) is 16.0 Å². The molecule has 26 heavy (non-hydrogen) atoms. The predicted octanol–water partition coefficient (Wildman–Crippen LogP) is 4.32. The van der Waals surface area contributed by atoms with Gasteiger partial charge in [0.05, 0.1) is 11.7 Å². The van der Waals surface area contributed by atoms with Crippen molar-refractivity contribution < 1.29 is 14.3 Å². The summed E-state index contributed by atoms with van der Waals surface area (Å²) in [6, 6.07) is 9.46. The molecule has 2 heterocycles. The number of ether oxygens (including phenoxy) is 1. The summed E-state index contributed by atoms with van der Waals surface area (Å²) >= 11 is 1.55. The molecule has 0 radical (unpaired) electrons. The smallest absolute Gasteiger partial charge is 0.410 e. The maximum Gasteiger partial charge on any atom is 0.410 e. The zero-order chi connectivity index (χ0) is 18.7. The Kier molecular flexibility index (Phi) is 5.41. The van der Waals surface area contributed by atoms with Crippen LogP contribution in [0.3, 0.4) is 0 Å². The lowest BCUT2D eigenvalue weighted by atomic mass is 9.97. The highest BCUT2D eigenvalue weighted by Crippen LogP contribution is 2.26. The Labute approximate surface area is 158 Å². The number of Topliss-reactive ketones (excluding diaryl/α,β-unsaturated/α-hetero) is 1. The van der Waals surface area contributed by atoms with Gasteiger partial charge in [-0.25, -0.2) is 9.78 Å². The second-order valence-electron chi connectivity index (χ2n) is 7.47. The van der Waals surface area contributed by atoms with Crippen molar-refractivity contribution >= 4 is 23.2 Å². The Bertz CT molecular complexity index is 780. The van der Waals surface area contributed by atoms with E-state index in [4.69, 9.17) is 4.74 Å². The Hall–Kier alpha value is -2.21. The molecule has 1 aliphatic rings. The summed E-state index contributed by atoms with van der Waals surface area (Å²) in [5.41, 5.74) is 1.31. The number of thiazole rings is 1. The molecule has 1 amide bonds. The Morgan fingerprint density at radius 2 is 2.04 bits per heavy atom. The lowest BCUT2D eigenvalue weighted by molar-refractivity contribution is -0.126. The lowest BCUT2D eigenvalue weighted by Gasteiger charge is -2.35. The molecular weight excluding hydrogens is 348 g/mol. The van der Waals surface area contributed by atoms with Crippen molar-refractivity contribution in [2.75, 3.05) is 6.54 Å². The molecule has 0 aliphatic carbocycles. The molecule has 0 N–H and O–H groups in total. The third kappa shape index (κ3) is 4.49. The van der Waals surface area contributed by atoms with Crippen LogP contribution >= 0.6 is 11.3 Å². The van der Waals surface area contributed by atoms with Gasteiger partial charge in [-0.05, 0) is 27.2 Å². The second-order valence-corrected chi connectivity index (χ2v) is 8.33. The van der Waals surface area contributed by atoms with Gasteiger partial charge in [0.1, 0.15) is 10.6 Å². The van der Waals surface area contributed by atoms with Crippen LogP contribution in [0.2, 0.25) is 0 Å². The van der Waals surface area contributed by atoms with Gasteiger partial charge in [0.2, 0.25) is 0 Å². The second kappa shape index (κ2) is 7.58. The van der Waals surface area contributed by atoms with Crippen LogP contribution < -0.4 is 0 Å². The van der Waals surface area contributed by atoms with E-state index in [0.29, 0.717) is 25.8 Å². The summed E-state index contributed by atoms with van der Waals surface area (Å²) in [7, 11) is 0. The molecule has 0 spiro atoms. The molecule has 1 unspecified atom stereocenters. The molecule has 1 atom stereocenters. The fourth-order valence-corrected chi connectivity index (χ4v) is 3.83. The van der Waals surface area contributed by atoms with Gasteiger partial charge < -0.3 is 4.74 Å². The standard InChI is InChI=1S/C20H24N2O3S/c1-20(2,3)25-19(24)22-11-7-10-17(23)16(22)12-15-13-26-18(21-15)14-8-5-4-6-9-14/h4-6,8-9,13,16H,7,10-12H2,1-3H3. The number of piperidine rings is 1. The van der Waals surface area contributed by atoms with Crippen LogP contribution in [0.25, 0.3) is 10.6 Å². The molecule has 3 rings (SSSR count). The SMILES string of the molecule is CC(C)(C)OC(=O)N1CCCC(=O)C1Cc1csc(-c2ccccc2)n1. The highest BCUT2D eigenvalue weighted by atomic mass is 32.1. The molecule has 1 saturated heterocycles. The molecule has 1 aromatic heterocycles. The topological polar surface area (TPSA) is 59.5 Å². The van der Waals surface area contributed by atoms with Crippen molar-refractivity contribution in [3.63, 3.8) is 0 Å². The van der Waals surface area contributed by atoms with Crippen LogP contribution in [0.1, 0.15) is 39.3 Å². The number of carbonyl (C=O) groups is 2. The van der Waals surface area contributed by atoms with Gasteiger partial charge in [-0.1, -0.05) is 30.3 Å². The van der Waals surface area contributed by atoms with Gasteiger partial charge in [0.15, 0.2) is 5.78 Å². The average molecular weight is 372 g/mol. The number of rotatable bonds is 3. The predicted molar refractivity (Wildman–Crippen MR) is 102 cm³/mol. The normalized spacial score (nSPS) is 18.0. The van der Waals surface area contributed by atoms with E-state index in [1.165, 1.54) is 0 Å². The van der Waals surface area contributed by atoms with Gasteiger partial charge in [0.25, 0.3) is 0 Å². The summed E-state index contributed by atoms with van der Waals surface area (Å²) in [6.07, 6.45) is 1.19. The first-order valence-electron chi connectivity index (χ1n) is 8.85. The summed E-state index contributed by atoms with van der Waals surface area (Å²) < 4.78 is 5.48. The fourth-order valence-electron chi connectivity index (χ4n) is 3.00. The monoisotopic (exact) mass is 372 g/mol. The quantitative estimate of drug-likeness (QED) is 0.805. The van der Waals surface area contributed by atoms with E-state index < -0.39 is 17.7 Å². The molecule has 138 valence electrons. The number of ketones is 1. The molecule has 5 nitrogen and oxygen atoms in total. The van der Waals surface area contributed by atoms with E-state index in [9.17, 15) is 9.59 Å². The van der Waals surface area contributed by atoms with Crippen molar-refractivity contribution in [2.45, 2.75) is 51.7 Å². The fraction of sp³-hybridized carbons (Fsp3) is 0.450. The van der Waals surface area contributed by atoms with Crippen LogP contribution in [0.4, 0.5) is 4.79 Å². The van der Waals surface area contributed by atoms with E-state index in [-0.39, 0.29) is 5.78 Å². The van der Waals surface area contributed by atoms with Crippen molar-refractivity contribution in [3.8, 4) is 10.6 Å². The average Bonchev–Trinajstić information content (AvgIpc) is 3.04. The first kappa shape index (κ1) is 18.6. The van der Waals surface area contributed by atoms with E-state index in [0.717, 1.165) is 16.3 Å². The van der Waals surface area contributed by atoms with E-state index in [1.807, 2.05) is 56.5 Å². The minimum atomic E-state index is -0.580. The molecule has 1 aromatic carbocycles. The van der Waals surface area contributed by atoms with Crippen molar-refractivity contribution in [3.05, 3.63) is 41.4 Å². The zero-order valence-corrected chi connectivity index (χ0v) is 16.2. The molecule has 6 heteroatoms. The number of hydrogen-bond acceptors (Lipinski definition) is 5. The Balaban J connectivity index is 1.76. The highest BCUT2D eigenvalue weighted by molar-refractivity contribution is 7.13. The van der Waals surface area contributed by atoms with Gasteiger partial charge in [0, 0.05) is 30.3 Å². The van der Waals surface area contributed by atoms with Crippen LogP contribution in [-0.4, -0.2) is 39.9 Å². The van der Waals surface area contributed by atoms with E-state index in [1.54, 1.807) is 16.2 Å². The van der Waals surface area contributed by atoms with Crippen molar-refractivity contribution in [1.82, 2.24) is 9.88 Å². The van der Waals surface area contributed by atoms with Crippen LogP contribution in [0.15, 0.2) is 35.7 Å². The minimum absolute atomic E-state index is 0.0800. The number of aromatic nitrogens is 1. The Morgan fingerprint density at radius 1 is 1.31 bits per heavy atom. The van der Waals surface area contributed by atoms with Gasteiger partial charge in [-0.15, -0.1) is 11.3 Å². The maximum absolute atomic E-state index is 12.5. The van der Waals surface area contributed by atoms with Crippen molar-refractivity contribution in [2.24, 2.45) is 0 Å². The maximum atomic E-state index is 12.5. The number of likely N-dealkylation sites (tertiary alicyclic amines) is 1. The largest absolute Gasteiger partial charge is 0.444 e. The summed E-state index contributed by atoms with van der Waals surface area (Å²) in [6.45, 7) is 6.04. The van der Waals surface area contributed by atoms with Crippen LogP contribution in [0.5, 0.6) is 0 Å². The van der Waals surface area contributed by atoms with E-state index in [2.05, 4.69) is 4.98 Å². The number of benzene rings is 1. The molecule has 0 saturated carbocycles. The van der Waals surface area contributed by atoms with Crippen LogP contribution in [0, 0.1) is 0 Å². The third-order valence-corrected chi connectivity index (χ3v) is 5.11. The van der Waals surface area contributed by atoms with Gasteiger partial charge in [-0.3, -0.25) is 9.69 Å². The third-order valence-electron chi connectivity index (χ3n) is 4.17. The number of amides is 1. The van der Waals surface area contributed by atoms with Gasteiger partial charge >= 0.3 is 6.09 Å². The summed E-state index contributed by atoms with van der Waals surface area (Å²) in [4.78, 5) is 31.2. The number of nitrogens with zero attached hydrogens (tertiary/aromatic N) is 2. The highest BCUT2D eigenvalue weighted by Gasteiger charge is 2.36. The number of hydrogen-bond donors (Lipinski definition) is 0. The Morgan fingerprint density at radius 3 is 2.73 bits per heavy atom. The van der Waals surface area contributed by atoms with Crippen molar-refractivity contribution in [1.29, 1.82) is 0 Å². The molecule has 0 bridgehead atoms. The number of carbonyl (C=O) groups excluding carboxylic acids is 2. The summed E-state index contributed by atoms with van der Waals surface area (Å²) in [5, 5.41) is 2.89. The zero-order valence-electron chi connectivity index (χ0n) is 15.4. The lowest BCUT2D eigenvalue weighted by Crippen LogP contribution is -2.51. The van der Waals surface area contributed by atoms with E-state index >= 15 is 0 Å². The molecule has 2 aromatic rings. The molecular formula is C20H24N2O3S. The first-order chi connectivity index (χ1) is 12.3.